The Kier molecular flexibility index (Phi) is 7.33. The topological polar surface area (TPSA) is 18.5 Å². The van der Waals surface area contributed by atoms with Gasteiger partial charge < -0.3 is 9.47 Å². The van der Waals surface area contributed by atoms with Crippen LogP contribution in [0.4, 0.5) is 13.2 Å². The summed E-state index contributed by atoms with van der Waals surface area (Å²) < 4.78 is 46.7. The van der Waals surface area contributed by atoms with Crippen molar-refractivity contribution < 1.29 is 22.6 Å². The molecule has 0 spiro atoms. The number of hydrogen-bond acceptors (Lipinski definition) is 2. The third-order valence-corrected chi connectivity index (χ3v) is 3.47. The van der Waals surface area contributed by atoms with Gasteiger partial charge in [-0.15, -0.1) is 0 Å². The molecule has 0 N–H and O–H groups in total. The lowest BCUT2D eigenvalue weighted by molar-refractivity contribution is -0.174. The largest absolute Gasteiger partial charge is 0.493 e. The van der Waals surface area contributed by atoms with Crippen molar-refractivity contribution in [3.05, 3.63) is 27.7 Å². The molecule has 0 amide bonds. The predicted molar refractivity (Wildman–Crippen MR) is 78.5 cm³/mol. The van der Waals surface area contributed by atoms with Crippen molar-refractivity contribution in [3.63, 3.8) is 0 Å². The maximum atomic E-state index is 11.9. The van der Waals surface area contributed by atoms with Crippen LogP contribution >= 0.6 is 31.9 Å². The zero-order valence-corrected chi connectivity index (χ0v) is 14.1. The van der Waals surface area contributed by atoms with Gasteiger partial charge in [-0.25, -0.2) is 0 Å². The summed E-state index contributed by atoms with van der Waals surface area (Å²) in [6.45, 7) is 1.06. The summed E-state index contributed by atoms with van der Waals surface area (Å²) in [7, 11) is 0. The number of hydrogen-bond donors (Lipinski definition) is 0. The van der Waals surface area contributed by atoms with Crippen LogP contribution in [-0.2, 0) is 10.1 Å². The van der Waals surface area contributed by atoms with Crippen molar-refractivity contribution >= 4 is 31.9 Å². The van der Waals surface area contributed by atoms with E-state index < -0.39 is 12.8 Å². The smallest absolute Gasteiger partial charge is 0.411 e. The third kappa shape index (κ3) is 6.45. The molecular weight excluding hydrogens is 405 g/mol. The number of halogens is 5. The van der Waals surface area contributed by atoms with E-state index in [-0.39, 0.29) is 6.61 Å². The molecule has 0 fully saturated rings. The van der Waals surface area contributed by atoms with Crippen LogP contribution < -0.4 is 4.74 Å². The molecule has 1 rings (SSSR count). The Morgan fingerprint density at radius 3 is 2.50 bits per heavy atom. The molecule has 20 heavy (non-hydrogen) atoms. The normalized spacial score (nSPS) is 11.7. The van der Waals surface area contributed by atoms with Gasteiger partial charge in [0.15, 0.2) is 0 Å². The van der Waals surface area contributed by atoms with Gasteiger partial charge >= 0.3 is 6.18 Å². The molecule has 2 nitrogen and oxygen atoms in total. The summed E-state index contributed by atoms with van der Waals surface area (Å²) >= 11 is 6.79. The molecule has 0 bridgehead atoms. The van der Waals surface area contributed by atoms with E-state index in [4.69, 9.17) is 4.74 Å². The van der Waals surface area contributed by atoms with Gasteiger partial charge in [-0.05, 0) is 24.6 Å². The van der Waals surface area contributed by atoms with Crippen molar-refractivity contribution in [3.8, 4) is 5.75 Å². The average molecular weight is 420 g/mol. The van der Waals surface area contributed by atoms with E-state index in [9.17, 15) is 13.2 Å². The van der Waals surface area contributed by atoms with E-state index in [1.54, 1.807) is 0 Å². The van der Waals surface area contributed by atoms with Crippen LogP contribution in [0.2, 0.25) is 0 Å². The molecular formula is C13H15Br2F3O2. The summed E-state index contributed by atoms with van der Waals surface area (Å²) in [6.07, 6.45) is -3.86. The van der Waals surface area contributed by atoms with E-state index >= 15 is 0 Å². The lowest BCUT2D eigenvalue weighted by atomic mass is 10.1. The van der Waals surface area contributed by atoms with E-state index in [1.807, 2.05) is 19.1 Å². The van der Waals surface area contributed by atoms with Gasteiger partial charge in [0.05, 0.1) is 13.2 Å². The fourth-order valence-electron chi connectivity index (χ4n) is 1.63. The highest BCUT2D eigenvalue weighted by Crippen LogP contribution is 2.29. The van der Waals surface area contributed by atoms with E-state index in [1.165, 1.54) is 0 Å². The van der Waals surface area contributed by atoms with Gasteiger partial charge in [-0.2, -0.15) is 13.2 Å². The molecule has 0 aliphatic rings. The molecule has 0 saturated carbocycles. The summed E-state index contributed by atoms with van der Waals surface area (Å²) in [5, 5.41) is 0.646. The minimum atomic E-state index is -4.27. The zero-order valence-electron chi connectivity index (χ0n) is 10.9. The molecule has 0 aliphatic carbocycles. The number of benzene rings is 1. The molecule has 114 valence electrons. The van der Waals surface area contributed by atoms with Crippen LogP contribution in [-0.4, -0.2) is 26.0 Å². The van der Waals surface area contributed by atoms with Crippen LogP contribution in [0.25, 0.3) is 0 Å². The van der Waals surface area contributed by atoms with Gasteiger partial charge in [0.25, 0.3) is 0 Å². The second-order valence-corrected chi connectivity index (χ2v) is 5.69. The molecule has 7 heteroatoms. The average Bonchev–Trinajstić information content (AvgIpc) is 2.33. The highest BCUT2D eigenvalue weighted by atomic mass is 79.9. The highest BCUT2D eigenvalue weighted by molar-refractivity contribution is 9.10. The second-order valence-electron chi connectivity index (χ2n) is 4.21. The Labute approximate surface area is 132 Å². The molecule has 0 heterocycles. The van der Waals surface area contributed by atoms with Crippen molar-refractivity contribution in [1.82, 2.24) is 0 Å². The fourth-order valence-corrected chi connectivity index (χ4v) is 2.66. The zero-order chi connectivity index (χ0) is 15.2. The first kappa shape index (κ1) is 17.8. The summed E-state index contributed by atoms with van der Waals surface area (Å²) in [5.74, 6) is 0.765. The van der Waals surface area contributed by atoms with Gasteiger partial charge in [-0.1, -0.05) is 31.9 Å². The molecule has 0 atom stereocenters. The van der Waals surface area contributed by atoms with E-state index in [0.29, 0.717) is 18.4 Å². The minimum Gasteiger partial charge on any atom is -0.493 e. The first-order chi connectivity index (χ1) is 9.33. The van der Waals surface area contributed by atoms with Gasteiger partial charge in [0.2, 0.25) is 0 Å². The lowest BCUT2D eigenvalue weighted by Crippen LogP contribution is -2.18. The Bertz CT molecular complexity index is 436. The molecule has 0 aliphatic heterocycles. The van der Waals surface area contributed by atoms with E-state index in [2.05, 4.69) is 36.6 Å². The van der Waals surface area contributed by atoms with Crippen molar-refractivity contribution in [2.24, 2.45) is 0 Å². The van der Waals surface area contributed by atoms with Crippen LogP contribution in [0.5, 0.6) is 5.75 Å². The summed E-state index contributed by atoms with van der Waals surface area (Å²) in [4.78, 5) is 0. The Hall–Kier alpha value is -0.270. The molecule has 1 aromatic carbocycles. The molecule has 0 radical (unpaired) electrons. The SMILES string of the molecule is Cc1cc(Br)cc(CBr)c1OCCCOCC(F)(F)F. The first-order valence-corrected chi connectivity index (χ1v) is 7.87. The molecule has 1 aromatic rings. The first-order valence-electron chi connectivity index (χ1n) is 5.96. The standard InChI is InChI=1S/C13H15Br2F3O2/c1-9-5-11(15)6-10(7-14)12(9)20-4-2-3-19-8-13(16,17)18/h5-6H,2-4,7-8H2,1H3. The maximum Gasteiger partial charge on any atom is 0.411 e. The Morgan fingerprint density at radius 2 is 1.90 bits per heavy atom. The molecule has 0 unspecified atom stereocenters. The van der Waals surface area contributed by atoms with Crippen molar-refractivity contribution in [2.75, 3.05) is 19.8 Å². The quantitative estimate of drug-likeness (QED) is 0.457. The van der Waals surface area contributed by atoms with E-state index in [0.717, 1.165) is 21.3 Å². The second kappa shape index (κ2) is 8.24. The van der Waals surface area contributed by atoms with Crippen LogP contribution in [0.1, 0.15) is 17.5 Å². The van der Waals surface area contributed by atoms with Crippen LogP contribution in [0.3, 0.4) is 0 Å². The Morgan fingerprint density at radius 1 is 1.20 bits per heavy atom. The third-order valence-electron chi connectivity index (χ3n) is 2.41. The van der Waals surface area contributed by atoms with Gasteiger partial charge in [0.1, 0.15) is 12.4 Å². The maximum absolute atomic E-state index is 11.9. The van der Waals surface area contributed by atoms with Crippen LogP contribution in [0.15, 0.2) is 16.6 Å². The lowest BCUT2D eigenvalue weighted by Gasteiger charge is -2.14. The van der Waals surface area contributed by atoms with Crippen LogP contribution in [0, 0.1) is 6.92 Å². The number of rotatable bonds is 7. The molecule has 0 aromatic heterocycles. The van der Waals surface area contributed by atoms with Crippen molar-refractivity contribution in [1.29, 1.82) is 0 Å². The number of ether oxygens (including phenoxy) is 2. The minimum absolute atomic E-state index is 0.0265. The fraction of sp³-hybridized carbons (Fsp3) is 0.538. The number of alkyl halides is 4. The Balaban J connectivity index is 2.39. The van der Waals surface area contributed by atoms with Crippen molar-refractivity contribution in [2.45, 2.75) is 24.9 Å². The number of aryl methyl sites for hydroxylation is 1. The summed E-state index contributed by atoms with van der Waals surface area (Å²) in [6, 6.07) is 3.87. The predicted octanol–water partition coefficient (Wildman–Crippen LogP) is 5.00. The van der Waals surface area contributed by atoms with Gasteiger partial charge in [-0.3, -0.25) is 0 Å². The monoisotopic (exact) mass is 418 g/mol. The highest BCUT2D eigenvalue weighted by Gasteiger charge is 2.27. The summed E-state index contributed by atoms with van der Waals surface area (Å²) in [5.41, 5.74) is 1.97. The van der Waals surface area contributed by atoms with Gasteiger partial charge in [0, 0.05) is 21.8 Å². The molecule has 0 saturated heterocycles.